The van der Waals surface area contributed by atoms with Gasteiger partial charge in [-0.05, 0) is 42.8 Å². The van der Waals surface area contributed by atoms with Crippen molar-refractivity contribution < 1.29 is 14.6 Å². The van der Waals surface area contributed by atoms with Crippen molar-refractivity contribution >= 4 is 17.3 Å². The lowest BCUT2D eigenvalue weighted by molar-refractivity contribution is 0.0697. The quantitative estimate of drug-likeness (QED) is 0.288. The number of nitrogens with zero attached hydrogens (tertiary/aromatic N) is 2. The van der Waals surface area contributed by atoms with E-state index in [-0.39, 0.29) is 5.56 Å². The lowest BCUT2D eigenvalue weighted by Crippen LogP contribution is -1.97. The molecule has 5 nitrogen and oxygen atoms in total. The van der Waals surface area contributed by atoms with E-state index in [0.29, 0.717) is 0 Å². The molecule has 3 rings (SSSR count). The van der Waals surface area contributed by atoms with E-state index in [1.54, 1.807) is 24.3 Å². The van der Waals surface area contributed by atoms with Crippen LogP contribution in [-0.2, 0) is 0 Å². The Labute approximate surface area is 188 Å². The molecule has 0 aliphatic rings. The molecule has 0 amide bonds. The van der Waals surface area contributed by atoms with Crippen molar-refractivity contribution in [2.24, 2.45) is 0 Å². The highest BCUT2D eigenvalue weighted by molar-refractivity contribution is 7.17. The largest absolute Gasteiger partial charge is 0.494 e. The fourth-order valence-corrected chi connectivity index (χ4v) is 4.19. The first kappa shape index (κ1) is 22.9. The molecule has 1 aromatic heterocycles. The molecule has 0 aliphatic carbocycles. The van der Waals surface area contributed by atoms with Gasteiger partial charge in [-0.1, -0.05) is 75.3 Å². The molecule has 0 saturated carbocycles. The summed E-state index contributed by atoms with van der Waals surface area (Å²) in [5.74, 6) is -0.0603. The van der Waals surface area contributed by atoms with Gasteiger partial charge in [0.05, 0.1) is 12.2 Å². The summed E-state index contributed by atoms with van der Waals surface area (Å²) in [4.78, 5) is 11.0. The molecule has 1 N–H and O–H groups in total. The highest BCUT2D eigenvalue weighted by Crippen LogP contribution is 2.31. The van der Waals surface area contributed by atoms with Crippen LogP contribution in [-0.4, -0.2) is 27.9 Å². The predicted octanol–water partition coefficient (Wildman–Crippen LogP) is 7.09. The highest BCUT2D eigenvalue weighted by atomic mass is 32.1. The summed E-state index contributed by atoms with van der Waals surface area (Å²) in [6.07, 6.45) is 10.3. The molecule has 0 spiro atoms. The van der Waals surface area contributed by atoms with Crippen molar-refractivity contribution in [2.75, 3.05) is 6.61 Å². The number of aromatic carboxylic acids is 1. The molecular formula is C25H30N2O3S. The van der Waals surface area contributed by atoms with E-state index in [1.807, 2.05) is 24.3 Å². The Bertz CT molecular complexity index is 936. The molecular weight excluding hydrogens is 408 g/mol. The van der Waals surface area contributed by atoms with Crippen molar-refractivity contribution in [2.45, 2.75) is 58.3 Å². The lowest BCUT2D eigenvalue weighted by Gasteiger charge is -2.06. The van der Waals surface area contributed by atoms with Gasteiger partial charge >= 0.3 is 5.97 Å². The molecule has 0 unspecified atom stereocenters. The van der Waals surface area contributed by atoms with Gasteiger partial charge in [0.15, 0.2) is 0 Å². The van der Waals surface area contributed by atoms with Crippen LogP contribution in [0, 0.1) is 0 Å². The number of carboxylic acids is 1. The monoisotopic (exact) mass is 438 g/mol. The average Bonchev–Trinajstić information content (AvgIpc) is 3.29. The fraction of sp³-hybridized carbons (Fsp3) is 0.400. The first-order chi connectivity index (χ1) is 15.2. The lowest BCUT2D eigenvalue weighted by atomic mass is 10.1. The molecule has 31 heavy (non-hydrogen) atoms. The van der Waals surface area contributed by atoms with Gasteiger partial charge < -0.3 is 9.84 Å². The third-order valence-electron chi connectivity index (χ3n) is 5.17. The highest BCUT2D eigenvalue weighted by Gasteiger charge is 2.10. The van der Waals surface area contributed by atoms with Crippen molar-refractivity contribution in [3.05, 3.63) is 54.1 Å². The van der Waals surface area contributed by atoms with E-state index < -0.39 is 5.97 Å². The minimum atomic E-state index is -0.936. The number of carbonyl (C=O) groups is 1. The number of hydrogen-bond donors (Lipinski definition) is 1. The topological polar surface area (TPSA) is 72.3 Å². The van der Waals surface area contributed by atoms with Gasteiger partial charge in [-0.3, -0.25) is 0 Å². The minimum absolute atomic E-state index is 0.260. The predicted molar refractivity (Wildman–Crippen MR) is 126 cm³/mol. The SMILES string of the molecule is CCCCCCCCCCOc1ccc(-c2nnc(-c3ccc(C(=O)O)cc3)s2)cc1. The number of hydrogen-bond acceptors (Lipinski definition) is 5. The van der Waals surface area contributed by atoms with Gasteiger partial charge in [0, 0.05) is 11.1 Å². The fourth-order valence-electron chi connectivity index (χ4n) is 3.33. The molecule has 2 aromatic carbocycles. The maximum absolute atomic E-state index is 11.0. The second-order valence-electron chi connectivity index (χ2n) is 7.64. The summed E-state index contributed by atoms with van der Waals surface area (Å²) in [5, 5.41) is 19.1. The average molecular weight is 439 g/mol. The van der Waals surface area contributed by atoms with Crippen LogP contribution < -0.4 is 4.74 Å². The van der Waals surface area contributed by atoms with Crippen molar-refractivity contribution in [1.29, 1.82) is 0 Å². The summed E-state index contributed by atoms with van der Waals surface area (Å²) in [5.41, 5.74) is 2.11. The maximum Gasteiger partial charge on any atom is 0.335 e. The number of aromatic nitrogens is 2. The summed E-state index contributed by atoms with van der Waals surface area (Å²) in [7, 11) is 0. The summed E-state index contributed by atoms with van der Waals surface area (Å²) >= 11 is 1.48. The number of benzene rings is 2. The Morgan fingerprint density at radius 3 is 1.87 bits per heavy atom. The molecule has 0 radical (unpaired) electrons. The molecule has 0 saturated heterocycles. The second kappa shape index (κ2) is 12.2. The van der Waals surface area contributed by atoms with Gasteiger partial charge in [-0.15, -0.1) is 10.2 Å². The van der Waals surface area contributed by atoms with Gasteiger partial charge in [0.25, 0.3) is 0 Å². The van der Waals surface area contributed by atoms with Gasteiger partial charge in [-0.25, -0.2) is 4.79 Å². The van der Waals surface area contributed by atoms with Crippen molar-refractivity contribution in [1.82, 2.24) is 10.2 Å². The number of unbranched alkanes of at least 4 members (excludes halogenated alkanes) is 7. The van der Waals surface area contributed by atoms with Crippen molar-refractivity contribution in [3.63, 3.8) is 0 Å². The van der Waals surface area contributed by atoms with Crippen LogP contribution in [0.4, 0.5) is 0 Å². The summed E-state index contributed by atoms with van der Waals surface area (Å²) in [6, 6.07) is 14.6. The third kappa shape index (κ3) is 7.17. The van der Waals surface area contributed by atoms with Gasteiger partial charge in [-0.2, -0.15) is 0 Å². The van der Waals surface area contributed by atoms with Crippen LogP contribution in [0.5, 0.6) is 5.75 Å². The zero-order valence-corrected chi connectivity index (χ0v) is 18.9. The van der Waals surface area contributed by atoms with E-state index in [4.69, 9.17) is 9.84 Å². The molecule has 6 heteroatoms. The zero-order chi connectivity index (χ0) is 21.9. The van der Waals surface area contributed by atoms with Crippen molar-refractivity contribution in [3.8, 4) is 26.9 Å². The Morgan fingerprint density at radius 1 is 0.806 bits per heavy atom. The second-order valence-corrected chi connectivity index (χ2v) is 8.62. The first-order valence-corrected chi connectivity index (χ1v) is 11.9. The van der Waals surface area contributed by atoms with Crippen LogP contribution in [0.15, 0.2) is 48.5 Å². The van der Waals surface area contributed by atoms with E-state index in [1.165, 1.54) is 56.3 Å². The molecule has 1 heterocycles. The summed E-state index contributed by atoms with van der Waals surface area (Å²) in [6.45, 7) is 3.00. The smallest absolute Gasteiger partial charge is 0.335 e. The van der Waals surface area contributed by atoms with E-state index in [2.05, 4.69) is 17.1 Å². The molecule has 0 fully saturated rings. The molecule has 0 bridgehead atoms. The third-order valence-corrected chi connectivity index (χ3v) is 6.19. The van der Waals surface area contributed by atoms with Crippen LogP contribution in [0.3, 0.4) is 0 Å². The van der Waals surface area contributed by atoms with E-state index in [9.17, 15) is 4.79 Å². The number of ether oxygens (including phenoxy) is 1. The summed E-state index contributed by atoms with van der Waals surface area (Å²) < 4.78 is 5.87. The maximum atomic E-state index is 11.0. The van der Waals surface area contributed by atoms with Crippen LogP contribution in [0.25, 0.3) is 21.1 Å². The van der Waals surface area contributed by atoms with Crippen LogP contribution in [0.1, 0.15) is 68.6 Å². The molecule has 3 aromatic rings. The normalized spacial score (nSPS) is 10.9. The zero-order valence-electron chi connectivity index (χ0n) is 18.0. The molecule has 0 aliphatic heterocycles. The number of rotatable bonds is 13. The Hall–Kier alpha value is -2.73. The van der Waals surface area contributed by atoms with Crippen LogP contribution in [0.2, 0.25) is 0 Å². The van der Waals surface area contributed by atoms with E-state index >= 15 is 0 Å². The molecule has 0 atom stereocenters. The molecule has 164 valence electrons. The van der Waals surface area contributed by atoms with E-state index in [0.717, 1.165) is 39.9 Å². The van der Waals surface area contributed by atoms with Gasteiger partial charge in [0.1, 0.15) is 15.8 Å². The van der Waals surface area contributed by atoms with Crippen LogP contribution >= 0.6 is 11.3 Å². The standard InChI is InChI=1S/C25H30N2O3S/c1-2-3-4-5-6-7-8-9-18-30-22-16-14-20(15-17-22)24-27-26-23(31-24)19-10-12-21(13-11-19)25(28)29/h10-17H,2-9,18H2,1H3,(H,28,29). The Balaban J connectivity index is 1.44. The van der Waals surface area contributed by atoms with Gasteiger partial charge in [0.2, 0.25) is 0 Å². The minimum Gasteiger partial charge on any atom is -0.494 e. The Morgan fingerprint density at radius 2 is 1.32 bits per heavy atom. The Kier molecular flexibility index (Phi) is 9.03. The first-order valence-electron chi connectivity index (χ1n) is 11.1. The number of carboxylic acid groups (broad SMARTS) is 1.